The molecular formula is C16H10Cl2F3NO. The molecule has 120 valence electrons. The zero-order valence-corrected chi connectivity index (χ0v) is 13.0. The van der Waals surface area contributed by atoms with Crippen LogP contribution in [0, 0.1) is 0 Å². The van der Waals surface area contributed by atoms with Crippen molar-refractivity contribution in [2.45, 2.75) is 6.18 Å². The standard InChI is InChI=1S/C16H10Cl2F3NO/c17-12-7-6-11(16(19,20)21)9-10(12)5-8-15(23)22-14-4-2-1-3-13(14)18/h1-9H,(H,22,23)/b8-5+. The van der Waals surface area contributed by atoms with Gasteiger partial charge in [-0.15, -0.1) is 0 Å². The van der Waals surface area contributed by atoms with Gasteiger partial charge in [-0.2, -0.15) is 13.2 Å². The number of rotatable bonds is 3. The first-order valence-electron chi connectivity index (χ1n) is 6.38. The molecule has 0 aliphatic rings. The van der Waals surface area contributed by atoms with Gasteiger partial charge < -0.3 is 5.32 Å². The Balaban J connectivity index is 2.17. The van der Waals surface area contributed by atoms with Crippen LogP contribution in [0.25, 0.3) is 6.08 Å². The summed E-state index contributed by atoms with van der Waals surface area (Å²) in [6.45, 7) is 0. The summed E-state index contributed by atoms with van der Waals surface area (Å²) >= 11 is 11.7. The Hall–Kier alpha value is -1.98. The van der Waals surface area contributed by atoms with Gasteiger partial charge in [0, 0.05) is 11.1 Å². The predicted octanol–water partition coefficient (Wildman–Crippen LogP) is 5.66. The maximum atomic E-state index is 12.7. The van der Waals surface area contributed by atoms with Gasteiger partial charge in [-0.25, -0.2) is 0 Å². The topological polar surface area (TPSA) is 29.1 Å². The highest BCUT2D eigenvalue weighted by atomic mass is 35.5. The molecule has 0 bridgehead atoms. The molecule has 0 fully saturated rings. The third-order valence-corrected chi connectivity index (χ3v) is 3.54. The minimum atomic E-state index is -4.48. The molecule has 0 aromatic heterocycles. The minimum Gasteiger partial charge on any atom is -0.321 e. The molecule has 0 aliphatic heterocycles. The molecule has 7 heteroatoms. The molecule has 0 atom stereocenters. The van der Waals surface area contributed by atoms with E-state index >= 15 is 0 Å². The number of alkyl halides is 3. The molecule has 0 heterocycles. The summed E-state index contributed by atoms with van der Waals surface area (Å²) in [4.78, 5) is 11.8. The van der Waals surface area contributed by atoms with Gasteiger partial charge in [0.25, 0.3) is 0 Å². The Bertz CT molecular complexity index is 757. The Morgan fingerprint density at radius 1 is 1.04 bits per heavy atom. The molecule has 0 radical (unpaired) electrons. The normalized spacial score (nSPS) is 11.7. The fourth-order valence-electron chi connectivity index (χ4n) is 1.75. The third kappa shape index (κ3) is 4.74. The summed E-state index contributed by atoms with van der Waals surface area (Å²) in [7, 11) is 0. The number of benzene rings is 2. The van der Waals surface area contributed by atoms with Gasteiger partial charge in [-0.3, -0.25) is 4.79 Å². The van der Waals surface area contributed by atoms with E-state index in [0.29, 0.717) is 10.7 Å². The largest absolute Gasteiger partial charge is 0.416 e. The van der Waals surface area contributed by atoms with Crippen LogP contribution in [0.1, 0.15) is 11.1 Å². The molecule has 2 nitrogen and oxygen atoms in total. The van der Waals surface area contributed by atoms with Crippen LogP contribution in [-0.2, 0) is 11.0 Å². The van der Waals surface area contributed by atoms with Gasteiger partial charge in [-0.05, 0) is 42.0 Å². The maximum absolute atomic E-state index is 12.7. The highest BCUT2D eigenvalue weighted by molar-refractivity contribution is 6.34. The summed E-state index contributed by atoms with van der Waals surface area (Å²) in [6, 6.07) is 9.49. The van der Waals surface area contributed by atoms with Crippen molar-refractivity contribution in [3.05, 3.63) is 69.7 Å². The van der Waals surface area contributed by atoms with Crippen molar-refractivity contribution < 1.29 is 18.0 Å². The van der Waals surface area contributed by atoms with Crippen molar-refractivity contribution in [3.63, 3.8) is 0 Å². The molecule has 0 saturated carbocycles. The van der Waals surface area contributed by atoms with Gasteiger partial charge in [0.15, 0.2) is 0 Å². The first-order chi connectivity index (χ1) is 10.8. The summed E-state index contributed by atoms with van der Waals surface area (Å²) in [5.41, 5.74) is -0.345. The molecule has 0 spiro atoms. The Morgan fingerprint density at radius 2 is 1.74 bits per heavy atom. The number of carbonyl (C=O) groups excluding carboxylic acids is 1. The zero-order chi connectivity index (χ0) is 17.0. The quantitative estimate of drug-likeness (QED) is 0.703. The third-order valence-electron chi connectivity index (χ3n) is 2.87. The Kier molecular flexibility index (Phi) is 5.34. The number of amides is 1. The number of hydrogen-bond donors (Lipinski definition) is 1. The summed E-state index contributed by atoms with van der Waals surface area (Å²) in [5.74, 6) is -0.536. The highest BCUT2D eigenvalue weighted by Gasteiger charge is 2.30. The van der Waals surface area contributed by atoms with Crippen LogP contribution in [0.15, 0.2) is 48.5 Å². The molecule has 23 heavy (non-hydrogen) atoms. The molecule has 0 unspecified atom stereocenters. The van der Waals surface area contributed by atoms with Gasteiger partial charge in [-0.1, -0.05) is 35.3 Å². The van der Waals surface area contributed by atoms with Crippen molar-refractivity contribution in [2.75, 3.05) is 5.32 Å². The monoisotopic (exact) mass is 359 g/mol. The predicted molar refractivity (Wildman–Crippen MR) is 85.6 cm³/mol. The fraction of sp³-hybridized carbons (Fsp3) is 0.0625. The summed E-state index contributed by atoms with van der Waals surface area (Å²) < 4.78 is 38.0. The van der Waals surface area contributed by atoms with E-state index in [4.69, 9.17) is 23.2 Å². The molecular weight excluding hydrogens is 350 g/mol. The molecule has 0 aliphatic carbocycles. The van der Waals surface area contributed by atoms with E-state index in [2.05, 4.69) is 5.32 Å². The molecule has 2 aromatic rings. The second kappa shape index (κ2) is 7.06. The highest BCUT2D eigenvalue weighted by Crippen LogP contribution is 2.32. The van der Waals surface area contributed by atoms with E-state index < -0.39 is 17.6 Å². The number of hydrogen-bond acceptors (Lipinski definition) is 1. The molecule has 2 aromatic carbocycles. The lowest BCUT2D eigenvalue weighted by Gasteiger charge is -2.08. The van der Waals surface area contributed by atoms with E-state index in [1.165, 1.54) is 6.08 Å². The van der Waals surface area contributed by atoms with Crippen LogP contribution in [0.3, 0.4) is 0 Å². The summed E-state index contributed by atoms with van der Waals surface area (Å²) in [6.07, 6.45) is -2.18. The van der Waals surface area contributed by atoms with E-state index in [9.17, 15) is 18.0 Å². The van der Waals surface area contributed by atoms with Crippen molar-refractivity contribution in [1.82, 2.24) is 0 Å². The second-order valence-corrected chi connectivity index (χ2v) is 5.35. The SMILES string of the molecule is O=C(/C=C/c1cc(C(F)(F)F)ccc1Cl)Nc1ccccc1Cl. The lowest BCUT2D eigenvalue weighted by molar-refractivity contribution is -0.137. The number of anilines is 1. The van der Waals surface area contributed by atoms with E-state index in [0.717, 1.165) is 24.3 Å². The molecule has 0 saturated heterocycles. The van der Waals surface area contributed by atoms with Crippen LogP contribution in [0.5, 0.6) is 0 Å². The van der Waals surface area contributed by atoms with E-state index in [-0.39, 0.29) is 10.6 Å². The van der Waals surface area contributed by atoms with Gasteiger partial charge >= 0.3 is 6.18 Å². The van der Waals surface area contributed by atoms with Crippen molar-refractivity contribution in [3.8, 4) is 0 Å². The molecule has 2 rings (SSSR count). The Labute approximate surface area is 140 Å². The van der Waals surface area contributed by atoms with Gasteiger partial charge in [0.05, 0.1) is 16.3 Å². The average molecular weight is 360 g/mol. The van der Waals surface area contributed by atoms with Crippen LogP contribution in [0.4, 0.5) is 18.9 Å². The van der Waals surface area contributed by atoms with Crippen LogP contribution >= 0.6 is 23.2 Å². The van der Waals surface area contributed by atoms with Crippen LogP contribution in [-0.4, -0.2) is 5.91 Å². The minimum absolute atomic E-state index is 0.0933. The summed E-state index contributed by atoms with van der Waals surface area (Å²) in [5, 5.41) is 2.99. The van der Waals surface area contributed by atoms with Crippen molar-refractivity contribution in [1.29, 1.82) is 0 Å². The molecule has 1 N–H and O–H groups in total. The molecule has 1 amide bonds. The average Bonchev–Trinajstić information content (AvgIpc) is 2.47. The first-order valence-corrected chi connectivity index (χ1v) is 7.13. The number of para-hydroxylation sites is 1. The number of nitrogens with one attached hydrogen (secondary N) is 1. The number of halogens is 5. The van der Waals surface area contributed by atoms with Crippen LogP contribution in [0.2, 0.25) is 10.0 Å². The Morgan fingerprint density at radius 3 is 2.39 bits per heavy atom. The maximum Gasteiger partial charge on any atom is 0.416 e. The van der Waals surface area contributed by atoms with Crippen molar-refractivity contribution >= 4 is 40.9 Å². The van der Waals surface area contributed by atoms with Gasteiger partial charge in [0.2, 0.25) is 5.91 Å². The van der Waals surface area contributed by atoms with Gasteiger partial charge in [0.1, 0.15) is 0 Å². The smallest absolute Gasteiger partial charge is 0.321 e. The lowest BCUT2D eigenvalue weighted by Crippen LogP contribution is -2.08. The van der Waals surface area contributed by atoms with Crippen LogP contribution < -0.4 is 5.32 Å². The van der Waals surface area contributed by atoms with E-state index in [1.54, 1.807) is 24.3 Å². The second-order valence-electron chi connectivity index (χ2n) is 4.54. The number of carbonyl (C=O) groups is 1. The first kappa shape index (κ1) is 17.4. The van der Waals surface area contributed by atoms with E-state index in [1.807, 2.05) is 0 Å². The van der Waals surface area contributed by atoms with Crippen molar-refractivity contribution in [2.24, 2.45) is 0 Å². The fourth-order valence-corrected chi connectivity index (χ4v) is 2.11. The lowest BCUT2D eigenvalue weighted by atomic mass is 10.1. The zero-order valence-electron chi connectivity index (χ0n) is 11.5.